The second-order valence-corrected chi connectivity index (χ2v) is 9.53. The lowest BCUT2D eigenvalue weighted by Gasteiger charge is -2.51. The van der Waals surface area contributed by atoms with Gasteiger partial charge >= 0.3 is 18.0 Å². The average molecular weight is 490 g/mol. The third-order valence-electron chi connectivity index (χ3n) is 6.47. The number of fused-ring (bicyclic) bond motifs is 2. The van der Waals surface area contributed by atoms with Crippen molar-refractivity contribution in [2.45, 2.75) is 64.6 Å². The number of carbonyl (C=O) groups is 5. The van der Waals surface area contributed by atoms with E-state index in [0.717, 1.165) is 0 Å². The smallest absolute Gasteiger partial charge is 0.421 e. The maximum Gasteiger partial charge on any atom is 0.421 e. The number of para-hydroxylation sites is 1. The molecule has 1 aliphatic heterocycles. The molecule has 0 saturated heterocycles. The molecule has 1 heterocycles. The van der Waals surface area contributed by atoms with Gasteiger partial charge in [0, 0.05) is 5.92 Å². The van der Waals surface area contributed by atoms with Gasteiger partial charge in [-0.3, -0.25) is 14.4 Å². The standard InChI is InChI=1S/C25H31NO9/c1-6-33-20(30)24(21(31)34-7-2)15(14-27)12-13-18(28)25(24)16-10-8-9-11-17(16)26(19(25)29)22(32)35-23(3,4)5/h8-11,14-15,18,28H,6-7,12-13H2,1-5H3/t15-,18+,25-/m1/s1. The summed E-state index contributed by atoms with van der Waals surface area (Å²) in [7, 11) is 0. The van der Waals surface area contributed by atoms with E-state index >= 15 is 0 Å². The Hall–Kier alpha value is -3.27. The minimum absolute atomic E-state index is 0.0373. The summed E-state index contributed by atoms with van der Waals surface area (Å²) in [5.74, 6) is -4.78. The number of nitrogens with zero attached hydrogens (tertiary/aromatic N) is 1. The van der Waals surface area contributed by atoms with Gasteiger partial charge < -0.3 is 24.1 Å². The minimum Gasteiger partial charge on any atom is -0.465 e. The number of rotatable bonds is 5. The fourth-order valence-electron chi connectivity index (χ4n) is 5.29. The van der Waals surface area contributed by atoms with Crippen LogP contribution < -0.4 is 4.90 Å². The van der Waals surface area contributed by atoms with E-state index < -0.39 is 52.4 Å². The molecule has 1 N–H and O–H groups in total. The lowest BCUT2D eigenvalue weighted by Crippen LogP contribution is -2.71. The maximum atomic E-state index is 14.3. The van der Waals surface area contributed by atoms with Crippen molar-refractivity contribution in [3.63, 3.8) is 0 Å². The Bertz CT molecular complexity index is 1030. The Labute approximate surface area is 203 Å². The largest absolute Gasteiger partial charge is 0.465 e. The van der Waals surface area contributed by atoms with Crippen LogP contribution in [0.1, 0.15) is 53.0 Å². The van der Waals surface area contributed by atoms with Gasteiger partial charge in [-0.2, -0.15) is 0 Å². The second kappa shape index (κ2) is 9.41. The highest BCUT2D eigenvalue weighted by atomic mass is 16.6. The Morgan fingerprint density at radius 2 is 1.66 bits per heavy atom. The topological polar surface area (TPSA) is 137 Å². The summed E-state index contributed by atoms with van der Waals surface area (Å²) in [6.07, 6.45) is -2.42. The molecular formula is C25H31NO9. The molecule has 1 aromatic carbocycles. The zero-order valence-corrected chi connectivity index (χ0v) is 20.5. The predicted octanol–water partition coefficient (Wildman–Crippen LogP) is 2.29. The Morgan fingerprint density at radius 3 is 2.17 bits per heavy atom. The van der Waals surface area contributed by atoms with Crippen molar-refractivity contribution in [1.29, 1.82) is 0 Å². The van der Waals surface area contributed by atoms with E-state index in [1.165, 1.54) is 26.0 Å². The van der Waals surface area contributed by atoms with Gasteiger partial charge in [-0.25, -0.2) is 9.69 Å². The molecule has 2 amide bonds. The van der Waals surface area contributed by atoms with Gasteiger partial charge in [-0.05, 0) is 59.1 Å². The second-order valence-electron chi connectivity index (χ2n) is 9.53. The highest BCUT2D eigenvalue weighted by molar-refractivity contribution is 6.26. The Morgan fingerprint density at radius 1 is 1.09 bits per heavy atom. The number of esters is 2. The summed E-state index contributed by atoms with van der Waals surface area (Å²) in [4.78, 5) is 68.0. The number of anilines is 1. The van der Waals surface area contributed by atoms with E-state index in [9.17, 15) is 29.1 Å². The van der Waals surface area contributed by atoms with Crippen molar-refractivity contribution in [2.75, 3.05) is 18.1 Å². The number of amides is 2. The number of ether oxygens (including phenoxy) is 3. The minimum atomic E-state index is -2.57. The van der Waals surface area contributed by atoms with Crippen LogP contribution in [0.25, 0.3) is 0 Å². The van der Waals surface area contributed by atoms with Gasteiger partial charge in [0.15, 0.2) is 5.41 Å². The number of benzene rings is 1. The number of aliphatic hydroxyl groups excluding tert-OH is 1. The third kappa shape index (κ3) is 3.71. The van der Waals surface area contributed by atoms with Crippen LogP contribution in [0.2, 0.25) is 0 Å². The van der Waals surface area contributed by atoms with Gasteiger partial charge in [0.05, 0.1) is 25.0 Å². The molecule has 1 aliphatic carbocycles. The molecule has 35 heavy (non-hydrogen) atoms. The van der Waals surface area contributed by atoms with Crippen LogP contribution in [0.5, 0.6) is 0 Å². The molecule has 0 aromatic heterocycles. The lowest BCUT2D eigenvalue weighted by molar-refractivity contribution is -0.198. The average Bonchev–Trinajstić information content (AvgIpc) is 3.04. The molecule has 10 heteroatoms. The first-order chi connectivity index (χ1) is 16.4. The van der Waals surface area contributed by atoms with Crippen LogP contribution in [0.15, 0.2) is 24.3 Å². The SMILES string of the molecule is CCOC(=O)C1(C(=O)OCC)[C@@H](C=O)CC[C@H](O)[C@]12C(=O)N(C(=O)OC(C)(C)C)c1ccccc12. The summed E-state index contributed by atoms with van der Waals surface area (Å²) < 4.78 is 16.0. The fourth-order valence-corrected chi connectivity index (χ4v) is 5.29. The summed E-state index contributed by atoms with van der Waals surface area (Å²) in [6, 6.07) is 6.00. The highest BCUT2D eigenvalue weighted by Gasteiger charge is 2.79. The molecule has 0 radical (unpaired) electrons. The van der Waals surface area contributed by atoms with E-state index in [0.29, 0.717) is 11.2 Å². The first-order valence-corrected chi connectivity index (χ1v) is 11.6. The van der Waals surface area contributed by atoms with Gasteiger partial charge in [0.25, 0.3) is 5.91 Å². The summed E-state index contributed by atoms with van der Waals surface area (Å²) in [6.45, 7) is 7.55. The number of aliphatic hydroxyl groups is 1. The van der Waals surface area contributed by atoms with E-state index in [-0.39, 0.29) is 37.3 Å². The van der Waals surface area contributed by atoms with Gasteiger partial charge in [0.2, 0.25) is 0 Å². The van der Waals surface area contributed by atoms with E-state index in [1.807, 2.05) is 0 Å². The molecule has 1 aromatic rings. The van der Waals surface area contributed by atoms with Crippen LogP contribution in [-0.2, 0) is 38.8 Å². The van der Waals surface area contributed by atoms with Gasteiger partial charge in [-0.15, -0.1) is 0 Å². The van der Waals surface area contributed by atoms with Crippen LogP contribution in [-0.4, -0.2) is 60.3 Å². The molecule has 190 valence electrons. The summed E-state index contributed by atoms with van der Waals surface area (Å²) in [5, 5.41) is 11.5. The number of hydrogen-bond donors (Lipinski definition) is 1. The fraction of sp³-hybridized carbons (Fsp3) is 0.560. The zero-order valence-electron chi connectivity index (χ0n) is 20.5. The van der Waals surface area contributed by atoms with Crippen molar-refractivity contribution >= 4 is 35.9 Å². The molecule has 0 unspecified atom stereocenters. The molecule has 1 fully saturated rings. The van der Waals surface area contributed by atoms with E-state index in [4.69, 9.17) is 14.2 Å². The Balaban J connectivity index is 2.43. The van der Waals surface area contributed by atoms with Crippen molar-refractivity contribution in [2.24, 2.45) is 11.3 Å². The summed E-state index contributed by atoms with van der Waals surface area (Å²) in [5.41, 5.74) is -5.82. The van der Waals surface area contributed by atoms with Crippen molar-refractivity contribution in [1.82, 2.24) is 0 Å². The number of carbonyl (C=O) groups excluding carboxylic acids is 5. The predicted molar refractivity (Wildman–Crippen MR) is 122 cm³/mol. The van der Waals surface area contributed by atoms with Gasteiger partial charge in [-0.1, -0.05) is 18.2 Å². The molecular weight excluding hydrogens is 458 g/mol. The molecule has 10 nitrogen and oxygen atoms in total. The maximum absolute atomic E-state index is 14.3. The highest BCUT2D eigenvalue weighted by Crippen LogP contribution is 2.61. The quantitative estimate of drug-likeness (QED) is 0.286. The number of imide groups is 1. The van der Waals surface area contributed by atoms with Crippen molar-refractivity contribution in [3.8, 4) is 0 Å². The monoisotopic (exact) mass is 489 g/mol. The van der Waals surface area contributed by atoms with Gasteiger partial charge in [0.1, 0.15) is 17.3 Å². The number of aldehydes is 1. The van der Waals surface area contributed by atoms with E-state index in [2.05, 4.69) is 0 Å². The molecule has 1 saturated carbocycles. The normalized spacial score (nSPS) is 25.1. The molecule has 0 bridgehead atoms. The van der Waals surface area contributed by atoms with Crippen molar-refractivity contribution < 1.29 is 43.3 Å². The van der Waals surface area contributed by atoms with Crippen molar-refractivity contribution in [3.05, 3.63) is 29.8 Å². The Kier molecular flexibility index (Phi) is 7.08. The first-order valence-electron chi connectivity index (χ1n) is 11.6. The number of hydrogen-bond acceptors (Lipinski definition) is 9. The molecule has 3 atom stereocenters. The lowest BCUT2D eigenvalue weighted by atomic mass is 9.48. The van der Waals surface area contributed by atoms with E-state index in [1.54, 1.807) is 32.9 Å². The molecule has 1 spiro atoms. The first kappa shape index (κ1) is 26.3. The van der Waals surface area contributed by atoms with Crippen LogP contribution in [0, 0.1) is 11.3 Å². The molecule has 3 rings (SSSR count). The van der Waals surface area contributed by atoms with Crippen LogP contribution >= 0.6 is 0 Å². The van der Waals surface area contributed by atoms with Crippen LogP contribution in [0.4, 0.5) is 10.5 Å². The third-order valence-corrected chi connectivity index (χ3v) is 6.47. The summed E-state index contributed by atoms with van der Waals surface area (Å²) >= 11 is 0. The van der Waals surface area contributed by atoms with Crippen LogP contribution in [0.3, 0.4) is 0 Å². The molecule has 2 aliphatic rings. The zero-order chi connectivity index (χ0) is 26.2.